The number of nitrogens with one attached hydrogen (secondary N) is 1. The van der Waals surface area contributed by atoms with Gasteiger partial charge in [0, 0.05) is 18.4 Å². The highest BCUT2D eigenvalue weighted by atomic mass is 15.1. The molecule has 2 aromatic rings. The summed E-state index contributed by atoms with van der Waals surface area (Å²) in [5, 5.41) is 3.41. The van der Waals surface area contributed by atoms with Gasteiger partial charge in [-0.05, 0) is 24.5 Å². The Labute approximate surface area is 108 Å². The third-order valence-electron chi connectivity index (χ3n) is 2.86. The first kappa shape index (κ1) is 12.6. The van der Waals surface area contributed by atoms with Crippen molar-refractivity contribution in [3.05, 3.63) is 54.4 Å². The fraction of sp³-hybridized carbons (Fsp3) is 0.333. The molecule has 0 radical (unpaired) electrons. The second-order valence-corrected chi connectivity index (χ2v) is 4.39. The average molecular weight is 241 g/mol. The third kappa shape index (κ3) is 3.84. The van der Waals surface area contributed by atoms with Crippen LogP contribution in [0.3, 0.4) is 0 Å². The van der Waals surface area contributed by atoms with Gasteiger partial charge in [0.2, 0.25) is 5.95 Å². The molecule has 0 aliphatic heterocycles. The van der Waals surface area contributed by atoms with Gasteiger partial charge in [-0.3, -0.25) is 0 Å². The molecule has 18 heavy (non-hydrogen) atoms. The van der Waals surface area contributed by atoms with Gasteiger partial charge < -0.3 is 5.32 Å². The van der Waals surface area contributed by atoms with Crippen molar-refractivity contribution in [3.63, 3.8) is 0 Å². The second-order valence-electron chi connectivity index (χ2n) is 4.39. The summed E-state index contributed by atoms with van der Waals surface area (Å²) in [6.07, 6.45) is 6.80. The van der Waals surface area contributed by atoms with E-state index in [-0.39, 0.29) is 0 Å². The van der Waals surface area contributed by atoms with Crippen molar-refractivity contribution in [3.8, 4) is 0 Å². The van der Waals surface area contributed by atoms with Crippen molar-refractivity contribution in [2.45, 2.75) is 32.2 Å². The summed E-state index contributed by atoms with van der Waals surface area (Å²) in [5.41, 5.74) is 1.35. The van der Waals surface area contributed by atoms with Crippen LogP contribution in [-0.2, 0) is 6.42 Å². The van der Waals surface area contributed by atoms with Crippen LogP contribution in [0.5, 0.6) is 0 Å². The molecule has 1 N–H and O–H groups in total. The number of benzene rings is 1. The van der Waals surface area contributed by atoms with Gasteiger partial charge in [0.15, 0.2) is 0 Å². The zero-order valence-electron chi connectivity index (χ0n) is 10.7. The molecule has 3 heteroatoms. The number of hydrogen-bond donors (Lipinski definition) is 1. The van der Waals surface area contributed by atoms with Gasteiger partial charge in [0.05, 0.1) is 0 Å². The molecule has 0 amide bonds. The van der Waals surface area contributed by atoms with Crippen LogP contribution in [0.25, 0.3) is 0 Å². The van der Waals surface area contributed by atoms with Crippen LogP contribution < -0.4 is 5.32 Å². The van der Waals surface area contributed by atoms with E-state index in [4.69, 9.17) is 0 Å². The van der Waals surface area contributed by atoms with Crippen molar-refractivity contribution in [2.75, 3.05) is 5.32 Å². The molecule has 0 bridgehead atoms. The van der Waals surface area contributed by atoms with Gasteiger partial charge in [-0.15, -0.1) is 0 Å². The quantitative estimate of drug-likeness (QED) is 0.843. The minimum atomic E-state index is 0.389. The SMILES string of the molecule is CCCC(Cc1ccccc1)Nc1ncccn1. The van der Waals surface area contributed by atoms with E-state index in [1.807, 2.05) is 12.1 Å². The zero-order chi connectivity index (χ0) is 12.6. The lowest BCUT2D eigenvalue weighted by Crippen LogP contribution is -2.23. The fourth-order valence-corrected chi connectivity index (χ4v) is 2.03. The van der Waals surface area contributed by atoms with E-state index in [9.17, 15) is 0 Å². The normalized spacial score (nSPS) is 12.1. The molecule has 0 saturated heterocycles. The molecule has 0 fully saturated rings. The first-order valence-electron chi connectivity index (χ1n) is 6.46. The number of aromatic nitrogens is 2. The minimum absolute atomic E-state index is 0.389. The highest BCUT2D eigenvalue weighted by molar-refractivity contribution is 5.26. The lowest BCUT2D eigenvalue weighted by Gasteiger charge is -2.18. The van der Waals surface area contributed by atoms with E-state index in [2.05, 4.69) is 46.5 Å². The zero-order valence-corrected chi connectivity index (χ0v) is 10.7. The van der Waals surface area contributed by atoms with Crippen LogP contribution in [0.2, 0.25) is 0 Å². The first-order chi connectivity index (χ1) is 8.88. The van der Waals surface area contributed by atoms with Crippen LogP contribution in [-0.4, -0.2) is 16.0 Å². The van der Waals surface area contributed by atoms with Crippen LogP contribution in [0.4, 0.5) is 5.95 Å². The Morgan fingerprint density at radius 2 is 1.78 bits per heavy atom. The molecular weight excluding hydrogens is 222 g/mol. The summed E-state index contributed by atoms with van der Waals surface area (Å²) >= 11 is 0. The van der Waals surface area contributed by atoms with E-state index in [1.165, 1.54) is 5.56 Å². The van der Waals surface area contributed by atoms with Crippen molar-refractivity contribution >= 4 is 5.95 Å². The summed E-state index contributed by atoms with van der Waals surface area (Å²) in [4.78, 5) is 8.44. The Morgan fingerprint density at radius 3 is 2.44 bits per heavy atom. The van der Waals surface area contributed by atoms with Gasteiger partial charge >= 0.3 is 0 Å². The Morgan fingerprint density at radius 1 is 1.06 bits per heavy atom. The Balaban J connectivity index is 2.00. The largest absolute Gasteiger partial charge is 0.351 e. The number of rotatable bonds is 6. The second kappa shape index (κ2) is 6.74. The maximum Gasteiger partial charge on any atom is 0.222 e. The highest BCUT2D eigenvalue weighted by Gasteiger charge is 2.09. The van der Waals surface area contributed by atoms with Crippen molar-refractivity contribution in [2.24, 2.45) is 0 Å². The lowest BCUT2D eigenvalue weighted by atomic mass is 10.0. The van der Waals surface area contributed by atoms with Gasteiger partial charge in [-0.1, -0.05) is 43.7 Å². The summed E-state index contributed by atoms with van der Waals surface area (Å²) in [6, 6.07) is 12.8. The summed E-state index contributed by atoms with van der Waals surface area (Å²) in [7, 11) is 0. The first-order valence-corrected chi connectivity index (χ1v) is 6.46. The van der Waals surface area contributed by atoms with E-state index in [0.29, 0.717) is 12.0 Å². The predicted octanol–water partition coefficient (Wildman–Crippen LogP) is 3.30. The van der Waals surface area contributed by atoms with E-state index in [1.54, 1.807) is 12.4 Å². The fourth-order valence-electron chi connectivity index (χ4n) is 2.03. The monoisotopic (exact) mass is 241 g/mol. The Hall–Kier alpha value is -1.90. The van der Waals surface area contributed by atoms with Gasteiger partial charge in [-0.25, -0.2) is 9.97 Å². The van der Waals surface area contributed by atoms with Gasteiger partial charge in [0.1, 0.15) is 0 Å². The minimum Gasteiger partial charge on any atom is -0.351 e. The molecule has 1 heterocycles. The predicted molar refractivity (Wildman–Crippen MR) is 74.5 cm³/mol. The van der Waals surface area contributed by atoms with Gasteiger partial charge in [-0.2, -0.15) is 0 Å². The number of nitrogens with zero attached hydrogens (tertiary/aromatic N) is 2. The number of hydrogen-bond acceptors (Lipinski definition) is 3. The highest BCUT2D eigenvalue weighted by Crippen LogP contribution is 2.11. The molecule has 2 rings (SSSR count). The summed E-state index contributed by atoms with van der Waals surface area (Å²) < 4.78 is 0. The van der Waals surface area contributed by atoms with E-state index in [0.717, 1.165) is 19.3 Å². The van der Waals surface area contributed by atoms with Crippen LogP contribution >= 0.6 is 0 Å². The Bertz CT molecular complexity index is 400. The molecule has 94 valence electrons. The van der Waals surface area contributed by atoms with Crippen molar-refractivity contribution in [1.82, 2.24) is 9.97 Å². The number of anilines is 1. The summed E-state index contributed by atoms with van der Waals surface area (Å²) in [6.45, 7) is 2.20. The third-order valence-corrected chi connectivity index (χ3v) is 2.86. The molecule has 1 aromatic carbocycles. The topological polar surface area (TPSA) is 37.8 Å². The van der Waals surface area contributed by atoms with Crippen molar-refractivity contribution in [1.29, 1.82) is 0 Å². The standard InChI is InChI=1S/C15H19N3/c1-2-7-14(12-13-8-4-3-5-9-13)18-15-16-10-6-11-17-15/h3-6,8-11,14H,2,7,12H2,1H3,(H,16,17,18). The molecule has 0 saturated carbocycles. The van der Waals surface area contributed by atoms with Crippen LogP contribution in [0.15, 0.2) is 48.8 Å². The molecular formula is C15H19N3. The molecule has 0 aliphatic rings. The average Bonchev–Trinajstić information content (AvgIpc) is 2.41. The van der Waals surface area contributed by atoms with E-state index < -0.39 is 0 Å². The molecule has 1 aromatic heterocycles. The molecule has 1 atom stereocenters. The smallest absolute Gasteiger partial charge is 0.222 e. The summed E-state index contributed by atoms with van der Waals surface area (Å²) in [5.74, 6) is 0.715. The molecule has 0 aliphatic carbocycles. The molecule has 3 nitrogen and oxygen atoms in total. The molecule has 0 spiro atoms. The maximum atomic E-state index is 4.22. The maximum absolute atomic E-state index is 4.22. The van der Waals surface area contributed by atoms with Crippen LogP contribution in [0, 0.1) is 0 Å². The van der Waals surface area contributed by atoms with E-state index >= 15 is 0 Å². The lowest BCUT2D eigenvalue weighted by molar-refractivity contribution is 0.631. The van der Waals surface area contributed by atoms with Gasteiger partial charge in [0.25, 0.3) is 0 Å². The van der Waals surface area contributed by atoms with Crippen LogP contribution in [0.1, 0.15) is 25.3 Å². The Kier molecular flexibility index (Phi) is 4.70. The van der Waals surface area contributed by atoms with Crippen molar-refractivity contribution < 1.29 is 0 Å². The molecule has 1 unspecified atom stereocenters.